The number of Topliss-reactive ketones (excluding diaryl/α,β-unsaturated/α-hetero) is 1. The molecule has 5 rings (SSSR count). The van der Waals surface area contributed by atoms with Gasteiger partial charge in [0.1, 0.15) is 0 Å². The lowest BCUT2D eigenvalue weighted by Gasteiger charge is -2.33. The Kier molecular flexibility index (Phi) is 5.09. The minimum absolute atomic E-state index is 0.166. The Hall–Kier alpha value is -2.98. The van der Waals surface area contributed by atoms with E-state index >= 15 is 0 Å². The summed E-state index contributed by atoms with van der Waals surface area (Å²) >= 11 is 0. The molecule has 30 heavy (non-hydrogen) atoms. The summed E-state index contributed by atoms with van der Waals surface area (Å²) in [7, 11) is 0. The van der Waals surface area contributed by atoms with Crippen molar-refractivity contribution >= 4 is 22.5 Å². The SMILES string of the molecule is O=C(CN1CCC(CN2Cc3ccccc3C2=O)CC1)c1ccc2ccccc2c1. The van der Waals surface area contributed by atoms with Gasteiger partial charge < -0.3 is 4.90 Å². The van der Waals surface area contributed by atoms with Crippen molar-refractivity contribution in [2.75, 3.05) is 26.2 Å². The molecule has 0 spiro atoms. The van der Waals surface area contributed by atoms with Crippen molar-refractivity contribution < 1.29 is 9.59 Å². The van der Waals surface area contributed by atoms with Gasteiger partial charge in [-0.3, -0.25) is 14.5 Å². The first-order valence-electron chi connectivity index (χ1n) is 10.8. The Morgan fingerprint density at radius 3 is 2.43 bits per heavy atom. The number of ketones is 1. The first-order valence-corrected chi connectivity index (χ1v) is 10.8. The third-order valence-electron chi connectivity index (χ3n) is 6.52. The van der Waals surface area contributed by atoms with Crippen molar-refractivity contribution in [3.8, 4) is 0 Å². The minimum Gasteiger partial charge on any atom is -0.334 e. The molecule has 1 saturated heterocycles. The van der Waals surface area contributed by atoms with Crippen LogP contribution in [-0.2, 0) is 6.54 Å². The van der Waals surface area contributed by atoms with Gasteiger partial charge in [0.15, 0.2) is 5.78 Å². The summed E-state index contributed by atoms with van der Waals surface area (Å²) in [5.41, 5.74) is 2.79. The van der Waals surface area contributed by atoms with Gasteiger partial charge in [-0.05, 0) is 60.3 Å². The summed E-state index contributed by atoms with van der Waals surface area (Å²) < 4.78 is 0. The van der Waals surface area contributed by atoms with E-state index in [1.807, 2.05) is 59.5 Å². The van der Waals surface area contributed by atoms with Crippen LogP contribution in [0.4, 0.5) is 0 Å². The molecule has 0 radical (unpaired) electrons. The second-order valence-electron chi connectivity index (χ2n) is 8.55. The number of likely N-dealkylation sites (tertiary alicyclic amines) is 1. The predicted octanol–water partition coefficient (Wildman–Crippen LogP) is 4.39. The van der Waals surface area contributed by atoms with Crippen LogP contribution in [0.2, 0.25) is 0 Å². The van der Waals surface area contributed by atoms with Gasteiger partial charge in [0.25, 0.3) is 5.91 Å². The zero-order valence-corrected chi connectivity index (χ0v) is 17.1. The van der Waals surface area contributed by atoms with Crippen molar-refractivity contribution in [2.24, 2.45) is 5.92 Å². The highest BCUT2D eigenvalue weighted by Gasteiger charge is 2.30. The van der Waals surface area contributed by atoms with Crippen LogP contribution in [0, 0.1) is 5.92 Å². The average molecular weight is 399 g/mol. The highest BCUT2D eigenvalue weighted by Crippen LogP contribution is 2.26. The van der Waals surface area contributed by atoms with E-state index in [9.17, 15) is 9.59 Å². The number of hydrogen-bond acceptors (Lipinski definition) is 3. The topological polar surface area (TPSA) is 40.6 Å². The van der Waals surface area contributed by atoms with Crippen molar-refractivity contribution in [3.05, 3.63) is 83.4 Å². The molecule has 152 valence electrons. The lowest BCUT2D eigenvalue weighted by molar-refractivity contribution is 0.0707. The number of amides is 1. The molecule has 3 aromatic rings. The summed E-state index contributed by atoms with van der Waals surface area (Å²) in [6.45, 7) is 3.85. The van der Waals surface area contributed by atoms with Crippen LogP contribution in [0.1, 0.15) is 39.1 Å². The minimum atomic E-state index is 0.166. The summed E-state index contributed by atoms with van der Waals surface area (Å²) in [5.74, 6) is 0.860. The first kappa shape index (κ1) is 19.0. The summed E-state index contributed by atoms with van der Waals surface area (Å²) in [6.07, 6.45) is 2.07. The normalized spacial score (nSPS) is 17.5. The molecule has 0 saturated carbocycles. The third-order valence-corrected chi connectivity index (χ3v) is 6.52. The molecule has 0 unspecified atom stereocenters. The van der Waals surface area contributed by atoms with Crippen molar-refractivity contribution in [1.29, 1.82) is 0 Å². The van der Waals surface area contributed by atoms with Gasteiger partial charge in [-0.15, -0.1) is 0 Å². The molecule has 0 aliphatic carbocycles. The fourth-order valence-corrected chi connectivity index (χ4v) is 4.76. The summed E-state index contributed by atoms with van der Waals surface area (Å²) in [5, 5.41) is 2.27. The number of hydrogen-bond donors (Lipinski definition) is 0. The molecule has 1 fully saturated rings. The monoisotopic (exact) mass is 398 g/mol. The fraction of sp³-hybridized carbons (Fsp3) is 0.308. The van der Waals surface area contributed by atoms with Gasteiger partial charge in [0, 0.05) is 24.2 Å². The van der Waals surface area contributed by atoms with E-state index in [4.69, 9.17) is 0 Å². The number of carbonyl (C=O) groups excluding carboxylic acids is 2. The number of benzene rings is 3. The number of carbonyl (C=O) groups is 2. The number of piperidine rings is 1. The van der Waals surface area contributed by atoms with Crippen LogP contribution < -0.4 is 0 Å². The predicted molar refractivity (Wildman–Crippen MR) is 119 cm³/mol. The highest BCUT2D eigenvalue weighted by atomic mass is 16.2. The maximum Gasteiger partial charge on any atom is 0.254 e. The second kappa shape index (κ2) is 8.04. The van der Waals surface area contributed by atoms with Gasteiger partial charge >= 0.3 is 0 Å². The lowest BCUT2D eigenvalue weighted by atomic mass is 9.95. The molecule has 2 aliphatic rings. The lowest BCUT2D eigenvalue weighted by Crippen LogP contribution is -2.40. The molecule has 2 aliphatic heterocycles. The molecular weight excluding hydrogens is 372 g/mol. The van der Waals surface area contributed by atoms with Gasteiger partial charge in [-0.2, -0.15) is 0 Å². The largest absolute Gasteiger partial charge is 0.334 e. The summed E-state index contributed by atoms with van der Waals surface area (Å²) in [4.78, 5) is 29.6. The Morgan fingerprint density at radius 1 is 0.900 bits per heavy atom. The molecule has 2 heterocycles. The van der Waals surface area contributed by atoms with Gasteiger partial charge in [-0.25, -0.2) is 0 Å². The fourth-order valence-electron chi connectivity index (χ4n) is 4.76. The van der Waals surface area contributed by atoms with Crippen LogP contribution in [0.25, 0.3) is 10.8 Å². The molecule has 4 heteroatoms. The maximum absolute atomic E-state index is 12.8. The van der Waals surface area contributed by atoms with Gasteiger partial charge in [0.05, 0.1) is 6.54 Å². The smallest absolute Gasteiger partial charge is 0.254 e. The van der Waals surface area contributed by atoms with E-state index in [-0.39, 0.29) is 11.7 Å². The van der Waals surface area contributed by atoms with E-state index in [0.717, 1.165) is 66.5 Å². The Labute approximate surface area is 177 Å². The van der Waals surface area contributed by atoms with Crippen LogP contribution in [0.3, 0.4) is 0 Å². The van der Waals surface area contributed by atoms with E-state index in [1.165, 1.54) is 0 Å². The molecular formula is C26H26N2O2. The molecule has 0 aromatic heterocycles. The summed E-state index contributed by atoms with van der Waals surface area (Å²) in [6, 6.07) is 22.0. The van der Waals surface area contributed by atoms with Gasteiger partial charge in [0.2, 0.25) is 0 Å². The molecule has 0 atom stereocenters. The van der Waals surface area contributed by atoms with E-state index in [0.29, 0.717) is 12.5 Å². The van der Waals surface area contributed by atoms with Gasteiger partial charge in [-0.1, -0.05) is 54.6 Å². The molecule has 0 bridgehead atoms. The van der Waals surface area contributed by atoms with Crippen molar-refractivity contribution in [3.63, 3.8) is 0 Å². The van der Waals surface area contributed by atoms with E-state index < -0.39 is 0 Å². The number of fused-ring (bicyclic) bond motifs is 2. The molecule has 1 amide bonds. The van der Waals surface area contributed by atoms with Crippen LogP contribution in [0.5, 0.6) is 0 Å². The number of rotatable bonds is 5. The Balaban J connectivity index is 1.14. The van der Waals surface area contributed by atoms with Crippen LogP contribution in [-0.4, -0.2) is 47.7 Å². The van der Waals surface area contributed by atoms with Crippen molar-refractivity contribution in [2.45, 2.75) is 19.4 Å². The van der Waals surface area contributed by atoms with Crippen LogP contribution in [0.15, 0.2) is 66.7 Å². The Morgan fingerprint density at radius 2 is 1.63 bits per heavy atom. The Bertz CT molecular complexity index is 1100. The average Bonchev–Trinajstić information content (AvgIpc) is 3.10. The van der Waals surface area contributed by atoms with Crippen LogP contribution >= 0.6 is 0 Å². The maximum atomic E-state index is 12.8. The van der Waals surface area contributed by atoms with Crippen molar-refractivity contribution in [1.82, 2.24) is 9.80 Å². The molecule has 0 N–H and O–H groups in total. The standard InChI is InChI=1S/C26H26N2O2/c29-25(22-10-9-20-5-1-2-6-21(20)15-22)18-27-13-11-19(12-14-27)16-28-17-23-7-3-4-8-24(23)26(28)30/h1-10,15,19H,11-14,16-18H2. The first-order chi connectivity index (χ1) is 14.7. The highest BCUT2D eigenvalue weighted by molar-refractivity contribution is 6.01. The molecule has 3 aromatic carbocycles. The number of nitrogens with zero attached hydrogens (tertiary/aromatic N) is 2. The van der Waals surface area contributed by atoms with E-state index in [2.05, 4.69) is 17.0 Å². The van der Waals surface area contributed by atoms with E-state index in [1.54, 1.807) is 0 Å². The zero-order chi connectivity index (χ0) is 20.5. The zero-order valence-electron chi connectivity index (χ0n) is 17.1. The third kappa shape index (κ3) is 3.75. The molecule has 4 nitrogen and oxygen atoms in total. The quantitative estimate of drug-likeness (QED) is 0.599. The second-order valence-corrected chi connectivity index (χ2v) is 8.55.